The summed E-state index contributed by atoms with van der Waals surface area (Å²) in [7, 11) is 1.64. The van der Waals surface area contributed by atoms with Crippen molar-refractivity contribution in [2.45, 2.75) is 13.0 Å². The van der Waals surface area contributed by atoms with Crippen LogP contribution < -0.4 is 10.5 Å². The number of rotatable bonds is 3. The third-order valence-corrected chi connectivity index (χ3v) is 2.52. The molecular weight excluding hydrogens is 202 g/mol. The second-order valence-electron chi connectivity index (χ2n) is 3.70. The summed E-state index contributed by atoms with van der Waals surface area (Å²) in [6, 6.07) is 11.3. The van der Waals surface area contributed by atoms with Gasteiger partial charge in [0.15, 0.2) is 0 Å². The van der Waals surface area contributed by atoms with Gasteiger partial charge in [-0.1, -0.05) is 12.1 Å². The fourth-order valence-electron chi connectivity index (χ4n) is 1.62. The average Bonchev–Trinajstić information content (AvgIpc) is 2.75. The Labute approximate surface area is 94.8 Å². The highest BCUT2D eigenvalue weighted by molar-refractivity contribution is 5.33. The molecule has 0 amide bonds. The Hall–Kier alpha value is -1.74. The number of hydrogen-bond donors (Lipinski definition) is 1. The number of methoxy groups -OCH3 is 1. The van der Waals surface area contributed by atoms with E-state index in [-0.39, 0.29) is 6.04 Å². The molecule has 0 spiro atoms. The summed E-state index contributed by atoms with van der Waals surface area (Å²) in [6.45, 7) is 1.90. The van der Waals surface area contributed by atoms with Crippen molar-refractivity contribution in [2.75, 3.05) is 7.11 Å². The molecule has 1 atom stereocenters. The molecule has 1 heterocycles. The van der Waals surface area contributed by atoms with Gasteiger partial charge >= 0.3 is 0 Å². The highest BCUT2D eigenvalue weighted by atomic mass is 16.5. The van der Waals surface area contributed by atoms with Gasteiger partial charge in [0.25, 0.3) is 0 Å². The van der Waals surface area contributed by atoms with Crippen LogP contribution >= 0.6 is 0 Å². The van der Waals surface area contributed by atoms with Crippen LogP contribution in [0.25, 0.3) is 0 Å². The largest absolute Gasteiger partial charge is 0.497 e. The first-order valence-electron chi connectivity index (χ1n) is 5.16. The van der Waals surface area contributed by atoms with Crippen molar-refractivity contribution >= 4 is 0 Å². The summed E-state index contributed by atoms with van der Waals surface area (Å²) < 4.78 is 10.7. The fraction of sp³-hybridized carbons (Fsp3) is 0.231. The van der Waals surface area contributed by atoms with E-state index in [0.717, 1.165) is 22.8 Å². The lowest BCUT2D eigenvalue weighted by Gasteiger charge is -2.10. The Morgan fingerprint density at radius 1 is 1.25 bits per heavy atom. The Kier molecular flexibility index (Phi) is 2.97. The summed E-state index contributed by atoms with van der Waals surface area (Å²) in [5, 5.41) is 0. The van der Waals surface area contributed by atoms with Gasteiger partial charge in [0.2, 0.25) is 0 Å². The highest BCUT2D eigenvalue weighted by Gasteiger charge is 2.12. The molecule has 0 saturated carbocycles. The zero-order valence-corrected chi connectivity index (χ0v) is 9.44. The van der Waals surface area contributed by atoms with Crippen LogP contribution in [0.5, 0.6) is 5.75 Å². The van der Waals surface area contributed by atoms with Crippen molar-refractivity contribution in [1.82, 2.24) is 0 Å². The summed E-state index contributed by atoms with van der Waals surface area (Å²) in [6.07, 6.45) is 0. The van der Waals surface area contributed by atoms with Crippen LogP contribution in [-0.2, 0) is 0 Å². The van der Waals surface area contributed by atoms with Crippen LogP contribution in [-0.4, -0.2) is 7.11 Å². The van der Waals surface area contributed by atoms with Gasteiger partial charge in [0.05, 0.1) is 13.2 Å². The zero-order chi connectivity index (χ0) is 11.5. The Balaban J connectivity index is 2.29. The molecule has 0 aliphatic rings. The first-order chi connectivity index (χ1) is 7.70. The van der Waals surface area contributed by atoms with Crippen molar-refractivity contribution < 1.29 is 9.15 Å². The van der Waals surface area contributed by atoms with Gasteiger partial charge < -0.3 is 14.9 Å². The predicted molar refractivity (Wildman–Crippen MR) is 62.5 cm³/mol. The van der Waals surface area contributed by atoms with E-state index >= 15 is 0 Å². The summed E-state index contributed by atoms with van der Waals surface area (Å²) in [5.41, 5.74) is 7.08. The summed E-state index contributed by atoms with van der Waals surface area (Å²) in [4.78, 5) is 0. The molecule has 2 rings (SSSR count). The van der Waals surface area contributed by atoms with Crippen LogP contribution in [0, 0.1) is 6.92 Å². The quantitative estimate of drug-likeness (QED) is 0.859. The second-order valence-corrected chi connectivity index (χ2v) is 3.70. The lowest BCUT2D eigenvalue weighted by atomic mass is 10.1. The van der Waals surface area contributed by atoms with Gasteiger partial charge in [-0.3, -0.25) is 0 Å². The third-order valence-electron chi connectivity index (χ3n) is 2.52. The molecule has 1 aromatic carbocycles. The van der Waals surface area contributed by atoms with E-state index in [0.29, 0.717) is 0 Å². The summed E-state index contributed by atoms with van der Waals surface area (Å²) >= 11 is 0. The van der Waals surface area contributed by atoms with Crippen LogP contribution in [0.4, 0.5) is 0 Å². The van der Waals surface area contributed by atoms with E-state index in [1.165, 1.54) is 0 Å². The minimum atomic E-state index is -0.246. The molecule has 16 heavy (non-hydrogen) atoms. The Bertz CT molecular complexity index is 476. The molecule has 0 saturated heterocycles. The first kappa shape index (κ1) is 10.8. The number of benzene rings is 1. The average molecular weight is 217 g/mol. The molecule has 0 bridgehead atoms. The number of aryl methyl sites for hydroxylation is 1. The molecule has 0 aliphatic heterocycles. The Morgan fingerprint density at radius 2 is 2.06 bits per heavy atom. The minimum Gasteiger partial charge on any atom is -0.497 e. The maximum Gasteiger partial charge on any atom is 0.125 e. The predicted octanol–water partition coefficient (Wildman–Crippen LogP) is 2.64. The zero-order valence-electron chi connectivity index (χ0n) is 9.44. The number of nitrogens with two attached hydrogens (primary N) is 1. The molecule has 0 fully saturated rings. The van der Waals surface area contributed by atoms with Gasteiger partial charge in [-0.15, -0.1) is 0 Å². The van der Waals surface area contributed by atoms with Crippen LogP contribution in [0.3, 0.4) is 0 Å². The molecule has 1 aromatic heterocycles. The van der Waals surface area contributed by atoms with E-state index in [2.05, 4.69) is 0 Å². The molecule has 0 aliphatic carbocycles. The van der Waals surface area contributed by atoms with Crippen molar-refractivity contribution in [2.24, 2.45) is 5.73 Å². The van der Waals surface area contributed by atoms with Crippen molar-refractivity contribution in [3.63, 3.8) is 0 Å². The molecule has 3 heteroatoms. The molecule has 84 valence electrons. The van der Waals surface area contributed by atoms with E-state index in [1.807, 2.05) is 43.3 Å². The van der Waals surface area contributed by atoms with E-state index in [9.17, 15) is 0 Å². The molecule has 2 N–H and O–H groups in total. The minimum absolute atomic E-state index is 0.246. The van der Waals surface area contributed by atoms with E-state index in [1.54, 1.807) is 7.11 Å². The first-order valence-corrected chi connectivity index (χ1v) is 5.16. The third kappa shape index (κ3) is 2.09. The van der Waals surface area contributed by atoms with Gasteiger partial charge in [0.1, 0.15) is 17.3 Å². The normalized spacial score (nSPS) is 12.4. The maximum absolute atomic E-state index is 6.10. The lowest BCUT2D eigenvalue weighted by Crippen LogP contribution is -2.10. The van der Waals surface area contributed by atoms with Crippen LogP contribution in [0.1, 0.15) is 23.1 Å². The smallest absolute Gasteiger partial charge is 0.125 e. The van der Waals surface area contributed by atoms with Gasteiger partial charge in [0, 0.05) is 0 Å². The maximum atomic E-state index is 6.10. The monoisotopic (exact) mass is 217 g/mol. The van der Waals surface area contributed by atoms with Crippen molar-refractivity contribution in [3.8, 4) is 5.75 Å². The summed E-state index contributed by atoms with van der Waals surface area (Å²) in [5.74, 6) is 2.44. The molecule has 2 aromatic rings. The SMILES string of the molecule is COc1cccc(C(N)c2ccc(C)o2)c1. The van der Waals surface area contributed by atoms with Crippen molar-refractivity contribution in [1.29, 1.82) is 0 Å². The number of hydrogen-bond acceptors (Lipinski definition) is 3. The second kappa shape index (κ2) is 4.41. The van der Waals surface area contributed by atoms with Crippen molar-refractivity contribution in [3.05, 3.63) is 53.5 Å². The number of ether oxygens (including phenoxy) is 1. The van der Waals surface area contributed by atoms with E-state index in [4.69, 9.17) is 14.9 Å². The topological polar surface area (TPSA) is 48.4 Å². The van der Waals surface area contributed by atoms with Crippen LogP contribution in [0.15, 0.2) is 40.8 Å². The molecular formula is C13H15NO2. The molecule has 1 unspecified atom stereocenters. The standard InChI is InChI=1S/C13H15NO2/c1-9-6-7-12(16-9)13(14)10-4-3-5-11(8-10)15-2/h3-8,13H,14H2,1-2H3. The van der Waals surface area contributed by atoms with Gasteiger partial charge in [-0.2, -0.15) is 0 Å². The fourth-order valence-corrected chi connectivity index (χ4v) is 1.62. The van der Waals surface area contributed by atoms with Gasteiger partial charge in [-0.25, -0.2) is 0 Å². The van der Waals surface area contributed by atoms with Crippen LogP contribution in [0.2, 0.25) is 0 Å². The highest BCUT2D eigenvalue weighted by Crippen LogP contribution is 2.24. The molecule has 0 radical (unpaired) electrons. The van der Waals surface area contributed by atoms with Gasteiger partial charge in [-0.05, 0) is 36.8 Å². The number of furan rings is 1. The molecule has 3 nitrogen and oxygen atoms in total. The van der Waals surface area contributed by atoms with E-state index < -0.39 is 0 Å². The Morgan fingerprint density at radius 3 is 2.69 bits per heavy atom. The lowest BCUT2D eigenvalue weighted by molar-refractivity contribution is 0.413.